The summed E-state index contributed by atoms with van der Waals surface area (Å²) in [5, 5.41) is 9.10. The molecule has 1 aliphatic heterocycles. The number of aryl methyl sites for hydroxylation is 1. The lowest BCUT2D eigenvalue weighted by atomic mass is 10.1. The highest BCUT2D eigenvalue weighted by atomic mass is 16.5. The van der Waals surface area contributed by atoms with Crippen LogP contribution in [-0.4, -0.2) is 36.9 Å². The minimum absolute atomic E-state index is 0.253. The zero-order valence-electron chi connectivity index (χ0n) is 9.22. The van der Waals surface area contributed by atoms with Gasteiger partial charge in [0.25, 0.3) is 0 Å². The maximum Gasteiger partial charge on any atom is 0.328 e. The van der Waals surface area contributed by atoms with Crippen molar-refractivity contribution in [1.29, 1.82) is 0 Å². The van der Waals surface area contributed by atoms with E-state index in [2.05, 4.69) is 0 Å². The van der Waals surface area contributed by atoms with Crippen LogP contribution in [0.2, 0.25) is 0 Å². The van der Waals surface area contributed by atoms with E-state index in [1.807, 2.05) is 36.1 Å². The van der Waals surface area contributed by atoms with Crippen LogP contribution < -0.4 is 4.90 Å². The Bertz CT molecular complexity index is 374. The average molecular weight is 221 g/mol. The van der Waals surface area contributed by atoms with Gasteiger partial charge in [0.2, 0.25) is 0 Å². The second-order valence-electron chi connectivity index (χ2n) is 3.96. The van der Waals surface area contributed by atoms with E-state index < -0.39 is 12.0 Å². The standard InChI is InChI=1S/C12H15NO3/c1-9-2-4-10(5-3-9)13-6-7-16-8-11(13)12(14)15/h2-5,11H,6-8H2,1H3,(H,14,15). The molecule has 0 radical (unpaired) electrons. The molecule has 1 unspecified atom stereocenters. The van der Waals surface area contributed by atoms with E-state index in [-0.39, 0.29) is 6.61 Å². The topological polar surface area (TPSA) is 49.8 Å². The van der Waals surface area contributed by atoms with Crippen LogP contribution in [-0.2, 0) is 9.53 Å². The van der Waals surface area contributed by atoms with Gasteiger partial charge < -0.3 is 14.7 Å². The van der Waals surface area contributed by atoms with Crippen molar-refractivity contribution in [2.45, 2.75) is 13.0 Å². The van der Waals surface area contributed by atoms with Gasteiger partial charge in [0, 0.05) is 12.2 Å². The van der Waals surface area contributed by atoms with Crippen molar-refractivity contribution in [3.05, 3.63) is 29.8 Å². The molecule has 1 N–H and O–H groups in total. The number of nitrogens with zero attached hydrogens (tertiary/aromatic N) is 1. The number of morpholine rings is 1. The molecule has 4 nitrogen and oxygen atoms in total. The molecular formula is C12H15NO3. The van der Waals surface area contributed by atoms with Gasteiger partial charge in [-0.05, 0) is 19.1 Å². The van der Waals surface area contributed by atoms with E-state index >= 15 is 0 Å². The molecule has 0 aromatic heterocycles. The molecule has 86 valence electrons. The third kappa shape index (κ3) is 2.17. The first-order chi connectivity index (χ1) is 7.68. The summed E-state index contributed by atoms with van der Waals surface area (Å²) >= 11 is 0. The van der Waals surface area contributed by atoms with Gasteiger partial charge >= 0.3 is 5.97 Å². The van der Waals surface area contributed by atoms with Crippen LogP contribution in [0.25, 0.3) is 0 Å². The minimum Gasteiger partial charge on any atom is -0.480 e. The van der Waals surface area contributed by atoms with Crippen molar-refractivity contribution in [2.75, 3.05) is 24.7 Å². The first-order valence-electron chi connectivity index (χ1n) is 5.32. The van der Waals surface area contributed by atoms with E-state index in [0.717, 1.165) is 5.69 Å². The maximum absolute atomic E-state index is 11.1. The van der Waals surface area contributed by atoms with Gasteiger partial charge in [0.15, 0.2) is 6.04 Å². The lowest BCUT2D eigenvalue weighted by Crippen LogP contribution is -2.50. The highest BCUT2D eigenvalue weighted by Crippen LogP contribution is 2.20. The minimum atomic E-state index is -0.833. The van der Waals surface area contributed by atoms with Crippen molar-refractivity contribution in [3.8, 4) is 0 Å². The maximum atomic E-state index is 11.1. The van der Waals surface area contributed by atoms with Crippen molar-refractivity contribution in [1.82, 2.24) is 0 Å². The van der Waals surface area contributed by atoms with Gasteiger partial charge in [-0.2, -0.15) is 0 Å². The number of carboxylic acid groups (broad SMARTS) is 1. The van der Waals surface area contributed by atoms with Crippen LogP contribution in [0.15, 0.2) is 24.3 Å². The fourth-order valence-corrected chi connectivity index (χ4v) is 1.85. The Morgan fingerprint density at radius 1 is 1.44 bits per heavy atom. The summed E-state index contributed by atoms with van der Waals surface area (Å²) in [6.45, 7) is 3.47. The Morgan fingerprint density at radius 2 is 2.12 bits per heavy atom. The molecule has 1 heterocycles. The van der Waals surface area contributed by atoms with Gasteiger partial charge in [-0.25, -0.2) is 4.79 Å². The normalized spacial score (nSPS) is 20.8. The summed E-state index contributed by atoms with van der Waals surface area (Å²) in [7, 11) is 0. The third-order valence-electron chi connectivity index (χ3n) is 2.78. The van der Waals surface area contributed by atoms with Crippen LogP contribution in [0.5, 0.6) is 0 Å². The number of aliphatic carboxylic acids is 1. The molecule has 1 atom stereocenters. The molecule has 0 amide bonds. The van der Waals surface area contributed by atoms with Gasteiger partial charge in [-0.3, -0.25) is 0 Å². The van der Waals surface area contributed by atoms with Crippen molar-refractivity contribution in [2.24, 2.45) is 0 Å². The molecule has 1 aromatic carbocycles. The smallest absolute Gasteiger partial charge is 0.328 e. The fourth-order valence-electron chi connectivity index (χ4n) is 1.85. The second-order valence-corrected chi connectivity index (χ2v) is 3.96. The molecule has 1 aromatic rings. The van der Waals surface area contributed by atoms with Gasteiger partial charge in [-0.15, -0.1) is 0 Å². The predicted molar refractivity (Wildman–Crippen MR) is 60.8 cm³/mol. The van der Waals surface area contributed by atoms with Gasteiger partial charge in [0.05, 0.1) is 13.2 Å². The first-order valence-corrected chi connectivity index (χ1v) is 5.32. The lowest BCUT2D eigenvalue weighted by molar-refractivity contribution is -0.141. The molecule has 0 spiro atoms. The predicted octanol–water partition coefficient (Wildman–Crippen LogP) is 1.28. The summed E-state index contributed by atoms with van der Waals surface area (Å²) in [6, 6.07) is 7.32. The number of hydrogen-bond acceptors (Lipinski definition) is 3. The number of rotatable bonds is 2. The third-order valence-corrected chi connectivity index (χ3v) is 2.78. The van der Waals surface area contributed by atoms with Crippen molar-refractivity contribution >= 4 is 11.7 Å². The van der Waals surface area contributed by atoms with Crippen molar-refractivity contribution in [3.63, 3.8) is 0 Å². The molecule has 16 heavy (non-hydrogen) atoms. The molecule has 0 bridgehead atoms. The van der Waals surface area contributed by atoms with Crippen LogP contribution in [0.3, 0.4) is 0 Å². The number of carbonyl (C=O) groups is 1. The molecule has 1 fully saturated rings. The number of hydrogen-bond donors (Lipinski definition) is 1. The van der Waals surface area contributed by atoms with E-state index in [1.54, 1.807) is 0 Å². The molecule has 4 heteroatoms. The fraction of sp³-hybridized carbons (Fsp3) is 0.417. The van der Waals surface area contributed by atoms with Crippen LogP contribution in [0.4, 0.5) is 5.69 Å². The average Bonchev–Trinajstić information content (AvgIpc) is 2.30. The first kappa shape index (κ1) is 11.0. The summed E-state index contributed by atoms with van der Waals surface area (Å²) in [5.41, 5.74) is 2.12. The zero-order chi connectivity index (χ0) is 11.5. The second kappa shape index (κ2) is 4.53. The van der Waals surface area contributed by atoms with E-state index in [1.165, 1.54) is 5.56 Å². The monoisotopic (exact) mass is 221 g/mol. The molecule has 1 aliphatic rings. The highest BCUT2D eigenvalue weighted by molar-refractivity contribution is 5.78. The Kier molecular flexibility index (Phi) is 3.10. The van der Waals surface area contributed by atoms with E-state index in [4.69, 9.17) is 9.84 Å². The summed E-state index contributed by atoms with van der Waals surface area (Å²) < 4.78 is 5.20. The molecule has 0 aliphatic carbocycles. The van der Waals surface area contributed by atoms with E-state index in [0.29, 0.717) is 13.2 Å². The zero-order valence-corrected chi connectivity index (χ0v) is 9.22. The van der Waals surface area contributed by atoms with Crippen LogP contribution in [0.1, 0.15) is 5.56 Å². The largest absolute Gasteiger partial charge is 0.480 e. The summed E-state index contributed by atoms with van der Waals surface area (Å²) in [5.74, 6) is -0.833. The summed E-state index contributed by atoms with van der Waals surface area (Å²) in [6.07, 6.45) is 0. The number of anilines is 1. The lowest BCUT2D eigenvalue weighted by Gasteiger charge is -2.34. The number of benzene rings is 1. The van der Waals surface area contributed by atoms with Crippen LogP contribution in [0, 0.1) is 6.92 Å². The molecule has 2 rings (SSSR count). The molecule has 0 saturated carbocycles. The Morgan fingerprint density at radius 3 is 2.75 bits per heavy atom. The van der Waals surface area contributed by atoms with Crippen LogP contribution >= 0.6 is 0 Å². The Labute approximate surface area is 94.4 Å². The Balaban J connectivity index is 2.23. The quantitative estimate of drug-likeness (QED) is 0.817. The molecule has 1 saturated heterocycles. The summed E-state index contributed by atoms with van der Waals surface area (Å²) in [4.78, 5) is 13.0. The number of ether oxygens (including phenoxy) is 1. The Hall–Kier alpha value is -1.55. The van der Waals surface area contributed by atoms with Crippen molar-refractivity contribution < 1.29 is 14.6 Å². The van der Waals surface area contributed by atoms with Gasteiger partial charge in [-0.1, -0.05) is 17.7 Å². The SMILES string of the molecule is Cc1ccc(N2CCOCC2C(=O)O)cc1. The van der Waals surface area contributed by atoms with Gasteiger partial charge in [0.1, 0.15) is 0 Å². The highest BCUT2D eigenvalue weighted by Gasteiger charge is 2.29. The molecular weight excluding hydrogens is 206 g/mol. The van der Waals surface area contributed by atoms with E-state index in [9.17, 15) is 4.79 Å². The number of carboxylic acids is 1.